The highest BCUT2D eigenvalue weighted by atomic mass is 127. The summed E-state index contributed by atoms with van der Waals surface area (Å²) in [7, 11) is 1.40. The maximum atomic E-state index is 12.0. The monoisotopic (exact) mass is 641 g/mol. The molecular weight excluding hydrogens is 623 g/mol. The molecule has 0 aliphatic rings. The molecule has 1 aromatic rings. The number of rotatable bonds is 8. The molecule has 0 aliphatic carbocycles. The van der Waals surface area contributed by atoms with Crippen molar-refractivity contribution in [3.8, 4) is 0 Å². The Kier molecular flexibility index (Phi) is 10.2. The van der Waals surface area contributed by atoms with E-state index in [-0.39, 0.29) is 11.9 Å². The molecule has 0 heterocycles. The van der Waals surface area contributed by atoms with Crippen LogP contribution in [0.2, 0.25) is 0 Å². The zero-order valence-electron chi connectivity index (χ0n) is 12.3. The molecule has 1 rings (SSSR count). The molecule has 0 aromatic heterocycles. The topological polar surface area (TPSA) is 55.4 Å². The van der Waals surface area contributed by atoms with Crippen molar-refractivity contribution in [2.45, 2.75) is 38.5 Å². The lowest BCUT2D eigenvalue weighted by Crippen LogP contribution is -2.12. The Morgan fingerprint density at radius 2 is 1.68 bits per heavy atom. The van der Waals surface area contributed by atoms with Gasteiger partial charge >= 0.3 is 5.97 Å². The van der Waals surface area contributed by atoms with Gasteiger partial charge in [-0.2, -0.15) is 0 Å². The zero-order chi connectivity index (χ0) is 16.5. The number of nitrogens with one attached hydrogen (secondary N) is 1. The normalized spacial score (nSPS) is 10.4. The minimum absolute atomic E-state index is 0.0451. The van der Waals surface area contributed by atoms with Crippen molar-refractivity contribution in [3.63, 3.8) is 0 Å². The summed E-state index contributed by atoms with van der Waals surface area (Å²) in [5.74, 6) is -0.121. The van der Waals surface area contributed by atoms with Crippen LogP contribution < -0.4 is 5.32 Å². The first-order chi connectivity index (χ1) is 10.4. The Bertz CT molecular complexity index is 535. The SMILES string of the molecule is COC(=O)CCCCCCC(=O)Nc1cc(I)cc(I)c1I. The van der Waals surface area contributed by atoms with Crippen LogP contribution in [-0.2, 0) is 14.3 Å². The Hall–Kier alpha value is 0.350. The molecule has 0 fully saturated rings. The summed E-state index contributed by atoms with van der Waals surface area (Å²) in [5, 5.41) is 2.98. The van der Waals surface area contributed by atoms with E-state index in [0.29, 0.717) is 12.8 Å². The third kappa shape index (κ3) is 7.75. The van der Waals surface area contributed by atoms with Crippen LogP contribution in [0.15, 0.2) is 12.1 Å². The van der Waals surface area contributed by atoms with Gasteiger partial charge in [0.25, 0.3) is 0 Å². The quantitative estimate of drug-likeness (QED) is 0.189. The maximum absolute atomic E-state index is 12.0. The van der Waals surface area contributed by atoms with Gasteiger partial charge in [0, 0.05) is 20.0 Å². The molecule has 0 saturated carbocycles. The maximum Gasteiger partial charge on any atom is 0.305 e. The lowest BCUT2D eigenvalue weighted by Gasteiger charge is -2.09. The van der Waals surface area contributed by atoms with Crippen molar-refractivity contribution in [1.82, 2.24) is 0 Å². The smallest absolute Gasteiger partial charge is 0.305 e. The third-order valence-electron chi connectivity index (χ3n) is 3.03. The van der Waals surface area contributed by atoms with Gasteiger partial charge in [0.1, 0.15) is 0 Å². The molecule has 0 bridgehead atoms. The lowest BCUT2D eigenvalue weighted by molar-refractivity contribution is -0.140. The molecule has 4 nitrogen and oxygen atoms in total. The fraction of sp³-hybridized carbons (Fsp3) is 0.467. The second-order valence-corrected chi connectivity index (χ2v) is 8.27. The molecule has 1 N–H and O–H groups in total. The fourth-order valence-corrected chi connectivity index (χ4v) is 4.16. The van der Waals surface area contributed by atoms with E-state index in [1.807, 2.05) is 6.07 Å². The van der Waals surface area contributed by atoms with Crippen LogP contribution in [0.3, 0.4) is 0 Å². The Balaban J connectivity index is 2.28. The van der Waals surface area contributed by atoms with Crippen LogP contribution in [0, 0.1) is 10.7 Å². The summed E-state index contributed by atoms with van der Waals surface area (Å²) < 4.78 is 7.91. The summed E-state index contributed by atoms with van der Waals surface area (Å²) in [6.45, 7) is 0. The standard InChI is InChI=1S/C15H18I3NO3/c1-22-14(21)7-5-3-2-4-6-13(20)19-12-9-10(16)8-11(17)15(12)18/h8-9H,2-7H2,1H3,(H,19,20). The van der Waals surface area contributed by atoms with E-state index in [9.17, 15) is 9.59 Å². The molecule has 0 unspecified atom stereocenters. The number of unbranched alkanes of at least 4 members (excludes halogenated alkanes) is 3. The lowest BCUT2D eigenvalue weighted by atomic mass is 10.1. The van der Waals surface area contributed by atoms with Gasteiger partial charge in [0.2, 0.25) is 5.91 Å². The second kappa shape index (κ2) is 11.0. The van der Waals surface area contributed by atoms with Crippen molar-refractivity contribution in [2.75, 3.05) is 12.4 Å². The number of hydrogen-bond donors (Lipinski definition) is 1. The fourth-order valence-electron chi connectivity index (χ4n) is 1.87. The minimum atomic E-state index is -0.166. The highest BCUT2D eigenvalue weighted by Crippen LogP contribution is 2.26. The molecule has 1 aromatic carbocycles. The van der Waals surface area contributed by atoms with E-state index in [4.69, 9.17) is 0 Å². The Labute approximate surface area is 171 Å². The van der Waals surface area contributed by atoms with Crippen molar-refractivity contribution in [2.24, 2.45) is 0 Å². The molecule has 7 heteroatoms. The number of hydrogen-bond acceptors (Lipinski definition) is 3. The average Bonchev–Trinajstić information content (AvgIpc) is 2.47. The van der Waals surface area contributed by atoms with Crippen molar-refractivity contribution in [3.05, 3.63) is 22.8 Å². The first-order valence-corrected chi connectivity index (χ1v) is 10.2. The molecule has 0 radical (unpaired) electrons. The summed E-state index contributed by atoms with van der Waals surface area (Å²) in [6, 6.07) is 4.07. The molecule has 0 spiro atoms. The van der Waals surface area contributed by atoms with E-state index in [1.54, 1.807) is 0 Å². The van der Waals surface area contributed by atoms with Crippen LogP contribution in [0.25, 0.3) is 0 Å². The molecule has 0 aliphatic heterocycles. The van der Waals surface area contributed by atoms with Gasteiger partial charge in [-0.1, -0.05) is 12.8 Å². The molecule has 0 saturated heterocycles. The van der Waals surface area contributed by atoms with E-state index in [1.165, 1.54) is 7.11 Å². The third-order valence-corrected chi connectivity index (χ3v) is 6.70. The van der Waals surface area contributed by atoms with Crippen molar-refractivity contribution in [1.29, 1.82) is 0 Å². The van der Waals surface area contributed by atoms with Gasteiger partial charge in [-0.05, 0) is 92.7 Å². The highest BCUT2D eigenvalue weighted by molar-refractivity contribution is 14.1. The second-order valence-electron chi connectivity index (χ2n) is 4.79. The molecule has 1 amide bonds. The van der Waals surface area contributed by atoms with Gasteiger partial charge < -0.3 is 10.1 Å². The molecule has 122 valence electrons. The Morgan fingerprint density at radius 1 is 1.05 bits per heavy atom. The number of carbonyl (C=O) groups is 2. The summed E-state index contributed by atoms with van der Waals surface area (Å²) in [5.41, 5.74) is 0.882. The van der Waals surface area contributed by atoms with Crippen molar-refractivity contribution < 1.29 is 14.3 Å². The van der Waals surface area contributed by atoms with Gasteiger partial charge in [0.05, 0.1) is 16.4 Å². The number of amides is 1. The van der Waals surface area contributed by atoms with Crippen LogP contribution in [0.4, 0.5) is 5.69 Å². The predicted molar refractivity (Wildman–Crippen MR) is 113 cm³/mol. The first kappa shape index (κ1) is 20.4. The molecular formula is C15H18I3NO3. The van der Waals surface area contributed by atoms with E-state index in [0.717, 1.165) is 42.1 Å². The number of carbonyl (C=O) groups excluding carboxylic acids is 2. The predicted octanol–water partition coefficient (Wildman–Crippen LogP) is 4.95. The number of ether oxygens (including phenoxy) is 1. The number of halogens is 3. The number of anilines is 1. The first-order valence-electron chi connectivity index (χ1n) is 6.95. The van der Waals surface area contributed by atoms with Crippen LogP contribution in [0.1, 0.15) is 38.5 Å². The van der Waals surface area contributed by atoms with Crippen molar-refractivity contribution >= 4 is 85.3 Å². The molecule has 0 atom stereocenters. The van der Waals surface area contributed by atoms with Gasteiger partial charge in [0.15, 0.2) is 0 Å². The van der Waals surface area contributed by atoms with Gasteiger partial charge in [-0.15, -0.1) is 0 Å². The summed E-state index contributed by atoms with van der Waals surface area (Å²) in [4.78, 5) is 22.9. The summed E-state index contributed by atoms with van der Waals surface area (Å²) in [6.07, 6.45) is 4.52. The number of benzene rings is 1. The van der Waals surface area contributed by atoms with E-state index < -0.39 is 0 Å². The largest absolute Gasteiger partial charge is 0.469 e. The highest BCUT2D eigenvalue weighted by Gasteiger charge is 2.09. The Morgan fingerprint density at radius 3 is 2.32 bits per heavy atom. The number of methoxy groups -OCH3 is 1. The minimum Gasteiger partial charge on any atom is -0.469 e. The molecule has 22 heavy (non-hydrogen) atoms. The van der Waals surface area contributed by atoms with E-state index in [2.05, 4.69) is 83.9 Å². The van der Waals surface area contributed by atoms with Crippen LogP contribution in [-0.4, -0.2) is 19.0 Å². The van der Waals surface area contributed by atoms with E-state index >= 15 is 0 Å². The number of esters is 1. The van der Waals surface area contributed by atoms with Gasteiger partial charge in [-0.3, -0.25) is 9.59 Å². The average molecular weight is 641 g/mol. The van der Waals surface area contributed by atoms with Crippen LogP contribution in [0.5, 0.6) is 0 Å². The van der Waals surface area contributed by atoms with Gasteiger partial charge in [-0.25, -0.2) is 0 Å². The zero-order valence-corrected chi connectivity index (χ0v) is 18.7. The van der Waals surface area contributed by atoms with Crippen LogP contribution >= 0.6 is 67.8 Å². The summed E-state index contributed by atoms with van der Waals surface area (Å²) >= 11 is 6.77.